The first-order valence-electron chi connectivity index (χ1n) is 5.85. The molecular weight excluding hydrogens is 282 g/mol. The standard InChI is InChI=1S/C13H18BrNS/c1-10-13(6-3-7-16-10)15-9-11-4-2-5-12(14)8-11/h2,4-5,8,10,13,15H,3,6-7,9H2,1H3. The van der Waals surface area contributed by atoms with Gasteiger partial charge in [-0.25, -0.2) is 0 Å². The largest absolute Gasteiger partial charge is 0.309 e. The Morgan fingerprint density at radius 3 is 3.12 bits per heavy atom. The third kappa shape index (κ3) is 3.51. The van der Waals surface area contributed by atoms with Crippen molar-refractivity contribution in [2.75, 3.05) is 5.75 Å². The van der Waals surface area contributed by atoms with E-state index in [1.165, 1.54) is 24.2 Å². The van der Waals surface area contributed by atoms with Gasteiger partial charge in [0, 0.05) is 22.3 Å². The normalized spacial score (nSPS) is 25.6. The summed E-state index contributed by atoms with van der Waals surface area (Å²) in [7, 11) is 0. The van der Waals surface area contributed by atoms with E-state index in [-0.39, 0.29) is 0 Å². The molecule has 3 heteroatoms. The maximum Gasteiger partial charge on any atom is 0.0208 e. The third-order valence-electron chi connectivity index (χ3n) is 3.06. The fraction of sp³-hybridized carbons (Fsp3) is 0.538. The summed E-state index contributed by atoms with van der Waals surface area (Å²) < 4.78 is 1.16. The third-order valence-corrected chi connectivity index (χ3v) is 4.94. The molecule has 88 valence electrons. The molecule has 16 heavy (non-hydrogen) atoms. The van der Waals surface area contributed by atoms with Gasteiger partial charge in [-0.3, -0.25) is 0 Å². The Labute approximate surface area is 111 Å². The highest BCUT2D eigenvalue weighted by atomic mass is 79.9. The summed E-state index contributed by atoms with van der Waals surface area (Å²) in [5, 5.41) is 4.42. The van der Waals surface area contributed by atoms with E-state index in [4.69, 9.17) is 0 Å². The summed E-state index contributed by atoms with van der Waals surface area (Å²) in [6.07, 6.45) is 2.67. The van der Waals surface area contributed by atoms with Crippen molar-refractivity contribution in [2.24, 2.45) is 0 Å². The van der Waals surface area contributed by atoms with Crippen LogP contribution < -0.4 is 5.32 Å². The second-order valence-corrected chi connectivity index (χ2v) is 6.74. The molecule has 1 aliphatic rings. The summed E-state index contributed by atoms with van der Waals surface area (Å²) >= 11 is 5.60. The quantitative estimate of drug-likeness (QED) is 0.910. The number of halogens is 1. The minimum absolute atomic E-state index is 0.678. The Kier molecular flexibility index (Phi) is 4.74. The average Bonchev–Trinajstić information content (AvgIpc) is 2.28. The van der Waals surface area contributed by atoms with Crippen molar-refractivity contribution in [3.63, 3.8) is 0 Å². The Morgan fingerprint density at radius 2 is 2.38 bits per heavy atom. The molecule has 1 fully saturated rings. The van der Waals surface area contributed by atoms with Crippen LogP contribution in [0, 0.1) is 0 Å². The lowest BCUT2D eigenvalue weighted by Gasteiger charge is -2.29. The highest BCUT2D eigenvalue weighted by Gasteiger charge is 2.20. The molecule has 0 aromatic heterocycles. The molecule has 1 nitrogen and oxygen atoms in total. The van der Waals surface area contributed by atoms with Gasteiger partial charge in [0.25, 0.3) is 0 Å². The number of benzene rings is 1. The average molecular weight is 300 g/mol. The molecule has 0 radical (unpaired) electrons. The summed E-state index contributed by atoms with van der Waals surface area (Å²) in [5.41, 5.74) is 1.36. The number of thioether (sulfide) groups is 1. The predicted octanol–water partition coefficient (Wildman–Crippen LogP) is 3.82. The zero-order valence-electron chi connectivity index (χ0n) is 9.58. The van der Waals surface area contributed by atoms with E-state index in [9.17, 15) is 0 Å². The molecule has 2 unspecified atom stereocenters. The minimum Gasteiger partial charge on any atom is -0.309 e. The molecule has 1 aliphatic heterocycles. The number of rotatable bonds is 3. The number of hydrogen-bond acceptors (Lipinski definition) is 2. The van der Waals surface area contributed by atoms with Crippen molar-refractivity contribution >= 4 is 27.7 Å². The maximum absolute atomic E-state index is 3.67. The van der Waals surface area contributed by atoms with Gasteiger partial charge in [0.15, 0.2) is 0 Å². The van der Waals surface area contributed by atoms with Crippen LogP contribution in [0.3, 0.4) is 0 Å². The van der Waals surface area contributed by atoms with Gasteiger partial charge in [-0.2, -0.15) is 11.8 Å². The zero-order chi connectivity index (χ0) is 11.4. The molecular formula is C13H18BrNS. The summed E-state index contributed by atoms with van der Waals surface area (Å²) in [6, 6.07) is 9.21. The second-order valence-electron chi connectivity index (χ2n) is 4.34. The Hall–Kier alpha value is 0.01000. The summed E-state index contributed by atoms with van der Waals surface area (Å²) in [6.45, 7) is 3.32. The van der Waals surface area contributed by atoms with E-state index in [2.05, 4.69) is 64.2 Å². The minimum atomic E-state index is 0.678. The Morgan fingerprint density at radius 1 is 1.50 bits per heavy atom. The first-order valence-corrected chi connectivity index (χ1v) is 7.69. The van der Waals surface area contributed by atoms with Crippen LogP contribution in [0.5, 0.6) is 0 Å². The molecule has 0 aliphatic carbocycles. The van der Waals surface area contributed by atoms with Crippen LogP contribution in [-0.4, -0.2) is 17.0 Å². The van der Waals surface area contributed by atoms with Gasteiger partial charge in [0.05, 0.1) is 0 Å². The van der Waals surface area contributed by atoms with E-state index in [1.807, 2.05) is 0 Å². The van der Waals surface area contributed by atoms with E-state index < -0.39 is 0 Å². The molecule has 1 aromatic carbocycles. The maximum atomic E-state index is 3.67. The molecule has 1 heterocycles. The zero-order valence-corrected chi connectivity index (χ0v) is 12.0. The van der Waals surface area contributed by atoms with Gasteiger partial charge in [-0.15, -0.1) is 0 Å². The van der Waals surface area contributed by atoms with Gasteiger partial charge < -0.3 is 5.32 Å². The van der Waals surface area contributed by atoms with Gasteiger partial charge in [0.1, 0.15) is 0 Å². The lowest BCUT2D eigenvalue weighted by molar-refractivity contribution is 0.462. The van der Waals surface area contributed by atoms with Crippen molar-refractivity contribution in [2.45, 2.75) is 37.6 Å². The summed E-state index contributed by atoms with van der Waals surface area (Å²) in [5.74, 6) is 1.33. The van der Waals surface area contributed by atoms with E-state index in [1.54, 1.807) is 0 Å². The van der Waals surface area contributed by atoms with E-state index >= 15 is 0 Å². The van der Waals surface area contributed by atoms with Crippen LogP contribution in [0.25, 0.3) is 0 Å². The Balaban J connectivity index is 1.86. The lowest BCUT2D eigenvalue weighted by Crippen LogP contribution is -2.38. The fourth-order valence-corrected chi connectivity index (χ4v) is 3.70. The van der Waals surface area contributed by atoms with Crippen molar-refractivity contribution in [3.8, 4) is 0 Å². The van der Waals surface area contributed by atoms with Crippen LogP contribution >= 0.6 is 27.7 Å². The second kappa shape index (κ2) is 6.08. The van der Waals surface area contributed by atoms with Crippen LogP contribution in [0.15, 0.2) is 28.7 Å². The molecule has 2 atom stereocenters. The SMILES string of the molecule is CC1SCCCC1NCc1cccc(Br)c1. The summed E-state index contributed by atoms with van der Waals surface area (Å²) in [4.78, 5) is 0. The van der Waals surface area contributed by atoms with Gasteiger partial charge >= 0.3 is 0 Å². The van der Waals surface area contributed by atoms with Crippen molar-refractivity contribution in [3.05, 3.63) is 34.3 Å². The first-order chi connectivity index (χ1) is 7.75. The lowest BCUT2D eigenvalue weighted by atomic mass is 10.1. The molecule has 0 amide bonds. The predicted molar refractivity (Wildman–Crippen MR) is 75.9 cm³/mol. The molecule has 1 N–H and O–H groups in total. The van der Waals surface area contributed by atoms with E-state index in [0.717, 1.165) is 16.3 Å². The van der Waals surface area contributed by atoms with Gasteiger partial charge in [-0.05, 0) is 36.3 Å². The monoisotopic (exact) mass is 299 g/mol. The molecule has 2 rings (SSSR count). The van der Waals surface area contributed by atoms with Crippen molar-refractivity contribution < 1.29 is 0 Å². The van der Waals surface area contributed by atoms with Crippen LogP contribution in [-0.2, 0) is 6.54 Å². The highest BCUT2D eigenvalue weighted by molar-refractivity contribution is 9.10. The van der Waals surface area contributed by atoms with Gasteiger partial charge in [0.2, 0.25) is 0 Å². The Bertz CT molecular complexity index is 342. The van der Waals surface area contributed by atoms with Crippen LogP contribution in [0.1, 0.15) is 25.3 Å². The van der Waals surface area contributed by atoms with E-state index in [0.29, 0.717) is 6.04 Å². The number of nitrogens with one attached hydrogen (secondary N) is 1. The smallest absolute Gasteiger partial charge is 0.0208 e. The topological polar surface area (TPSA) is 12.0 Å². The molecule has 1 aromatic rings. The van der Waals surface area contributed by atoms with Gasteiger partial charge in [-0.1, -0.05) is 35.0 Å². The fourth-order valence-electron chi connectivity index (χ4n) is 2.09. The molecule has 0 saturated carbocycles. The van der Waals surface area contributed by atoms with Crippen molar-refractivity contribution in [1.82, 2.24) is 5.32 Å². The van der Waals surface area contributed by atoms with Crippen LogP contribution in [0.2, 0.25) is 0 Å². The molecule has 0 bridgehead atoms. The first kappa shape index (κ1) is 12.5. The highest BCUT2D eigenvalue weighted by Crippen LogP contribution is 2.25. The number of hydrogen-bond donors (Lipinski definition) is 1. The molecule has 0 spiro atoms. The van der Waals surface area contributed by atoms with Crippen LogP contribution in [0.4, 0.5) is 0 Å². The van der Waals surface area contributed by atoms with Crippen molar-refractivity contribution in [1.29, 1.82) is 0 Å². The molecule has 1 saturated heterocycles.